The number of hydrogen-bond donors (Lipinski definition) is 2. The van der Waals surface area contributed by atoms with E-state index >= 15 is 0 Å². The Bertz CT molecular complexity index is 1350. The molecule has 2 saturated heterocycles. The highest BCUT2D eigenvalue weighted by molar-refractivity contribution is 6.11. The topological polar surface area (TPSA) is 118 Å². The molecule has 11 heteroatoms. The maximum atomic E-state index is 14.5. The molecule has 1 aromatic carbocycles. The maximum Gasteiger partial charge on any atom is 0.410 e. The van der Waals surface area contributed by atoms with Crippen LogP contribution in [0, 0.1) is 12.7 Å². The predicted octanol–water partition coefficient (Wildman–Crippen LogP) is 2.70. The van der Waals surface area contributed by atoms with Crippen molar-refractivity contribution in [2.75, 3.05) is 48.7 Å². The van der Waals surface area contributed by atoms with Gasteiger partial charge < -0.3 is 25.1 Å². The van der Waals surface area contributed by atoms with Crippen LogP contribution < -0.4 is 16.0 Å². The molecular weight excluding hydrogens is 453 g/mol. The minimum atomic E-state index is -0.538. The van der Waals surface area contributed by atoms with Crippen molar-refractivity contribution in [1.82, 2.24) is 14.3 Å². The third-order valence-corrected chi connectivity index (χ3v) is 6.25. The minimum Gasteiger partial charge on any atom is -0.447 e. The highest BCUT2D eigenvalue weighted by Gasteiger charge is 2.38. The molecule has 2 aromatic heterocycles. The fourth-order valence-electron chi connectivity index (χ4n) is 4.57. The van der Waals surface area contributed by atoms with E-state index in [1.165, 1.54) is 10.5 Å². The average molecular weight is 480 g/mol. The molecule has 2 aliphatic rings. The van der Waals surface area contributed by atoms with Gasteiger partial charge in [-0.15, -0.1) is 0 Å². The summed E-state index contributed by atoms with van der Waals surface area (Å²) in [5.41, 5.74) is 9.62. The van der Waals surface area contributed by atoms with Crippen molar-refractivity contribution < 1.29 is 18.7 Å². The van der Waals surface area contributed by atoms with Crippen molar-refractivity contribution in [2.45, 2.75) is 19.9 Å². The number of amides is 2. The molecular formula is C24H26FN7O3. The van der Waals surface area contributed by atoms with Crippen molar-refractivity contribution in [3.63, 3.8) is 0 Å². The monoisotopic (exact) mass is 479 g/mol. The zero-order valence-corrected chi connectivity index (χ0v) is 19.5. The van der Waals surface area contributed by atoms with Crippen LogP contribution in [0.15, 0.2) is 35.6 Å². The molecule has 1 atom stereocenters. The van der Waals surface area contributed by atoms with Gasteiger partial charge in [0.25, 0.3) is 5.91 Å². The molecule has 0 spiro atoms. The number of aliphatic imine (C=N–C) groups is 1. The molecule has 2 amide bonds. The molecule has 0 saturated carbocycles. The molecule has 2 aliphatic heterocycles. The lowest BCUT2D eigenvalue weighted by Crippen LogP contribution is -2.52. The van der Waals surface area contributed by atoms with Gasteiger partial charge >= 0.3 is 6.09 Å². The number of nitrogens with two attached hydrogens (primary N) is 1. The van der Waals surface area contributed by atoms with Gasteiger partial charge in [0, 0.05) is 62.1 Å². The number of cyclic esters (lactones) is 1. The SMILES string of the molecule is CCN=Cc1c(N2CCN3C(=O)OCC3C2)ccc(C(=O)Nc2cc(F)c3nc(C)cn3c2)c1N. The number of hydrogen-bond acceptors (Lipinski definition) is 7. The number of fused-ring (bicyclic) bond motifs is 2. The van der Waals surface area contributed by atoms with Gasteiger partial charge in [-0.2, -0.15) is 0 Å². The quantitative estimate of drug-likeness (QED) is 0.429. The number of piperazine rings is 1. The molecule has 5 rings (SSSR count). The standard InChI is InChI=1S/C24H26FN7O3/c1-3-27-9-18-20(30-6-7-32-16(12-30)13-35-24(32)34)5-4-17(21(18)26)23(33)29-15-8-19(25)22-28-14(2)10-31(22)11-15/h4-5,8-11,16H,3,6-7,12-13,26H2,1-2H3,(H,29,33). The number of nitrogen functional groups attached to an aromatic ring is 1. The number of carbonyl (C=O) groups is 2. The van der Waals surface area contributed by atoms with Crippen LogP contribution in [0.3, 0.4) is 0 Å². The number of aryl methyl sites for hydroxylation is 1. The fraction of sp³-hybridized carbons (Fsp3) is 0.333. The number of pyridine rings is 1. The second kappa shape index (κ2) is 8.90. The van der Waals surface area contributed by atoms with E-state index in [9.17, 15) is 14.0 Å². The average Bonchev–Trinajstić information content (AvgIpc) is 3.39. The van der Waals surface area contributed by atoms with Crippen molar-refractivity contribution in [3.05, 3.63) is 53.2 Å². The molecule has 4 heterocycles. The normalized spacial score (nSPS) is 17.8. The highest BCUT2D eigenvalue weighted by Crippen LogP contribution is 2.31. The van der Waals surface area contributed by atoms with Gasteiger partial charge in [0.1, 0.15) is 6.61 Å². The van der Waals surface area contributed by atoms with Crippen LogP contribution in [0.25, 0.3) is 5.65 Å². The van der Waals surface area contributed by atoms with E-state index in [-0.39, 0.29) is 34.7 Å². The van der Waals surface area contributed by atoms with Crippen LogP contribution in [-0.4, -0.2) is 71.3 Å². The first-order chi connectivity index (χ1) is 16.9. The third-order valence-electron chi connectivity index (χ3n) is 6.25. The first-order valence-electron chi connectivity index (χ1n) is 11.4. The Hall–Kier alpha value is -4.15. The maximum absolute atomic E-state index is 14.5. The molecule has 0 radical (unpaired) electrons. The Balaban J connectivity index is 1.44. The number of aromatic nitrogens is 2. The first kappa shape index (κ1) is 22.6. The predicted molar refractivity (Wildman–Crippen MR) is 131 cm³/mol. The number of imidazole rings is 1. The van der Waals surface area contributed by atoms with Crippen LogP contribution in [0.4, 0.5) is 26.2 Å². The fourth-order valence-corrected chi connectivity index (χ4v) is 4.57. The van der Waals surface area contributed by atoms with Gasteiger partial charge in [-0.1, -0.05) is 0 Å². The molecule has 35 heavy (non-hydrogen) atoms. The van der Waals surface area contributed by atoms with E-state index in [0.29, 0.717) is 44.0 Å². The summed E-state index contributed by atoms with van der Waals surface area (Å²) in [6, 6.07) is 4.68. The van der Waals surface area contributed by atoms with Crippen LogP contribution in [0.5, 0.6) is 0 Å². The second-order valence-electron chi connectivity index (χ2n) is 8.60. The summed E-state index contributed by atoms with van der Waals surface area (Å²) in [7, 11) is 0. The second-order valence-corrected chi connectivity index (χ2v) is 8.60. The molecule has 182 valence electrons. The van der Waals surface area contributed by atoms with E-state index < -0.39 is 11.7 Å². The number of halogens is 1. The van der Waals surface area contributed by atoms with Gasteiger partial charge in [0.15, 0.2) is 11.5 Å². The number of carbonyl (C=O) groups excluding carboxylic acids is 2. The molecule has 10 nitrogen and oxygen atoms in total. The number of benzene rings is 1. The molecule has 0 aliphatic carbocycles. The van der Waals surface area contributed by atoms with E-state index in [1.54, 1.807) is 36.5 Å². The van der Waals surface area contributed by atoms with Gasteiger partial charge in [0.2, 0.25) is 0 Å². The summed E-state index contributed by atoms with van der Waals surface area (Å²) in [4.78, 5) is 37.3. The zero-order valence-electron chi connectivity index (χ0n) is 19.5. The van der Waals surface area contributed by atoms with Crippen LogP contribution in [-0.2, 0) is 4.74 Å². The number of anilines is 3. The summed E-state index contributed by atoms with van der Waals surface area (Å²) in [6.07, 6.45) is 4.67. The molecule has 2 fully saturated rings. The number of nitrogens with one attached hydrogen (secondary N) is 1. The largest absolute Gasteiger partial charge is 0.447 e. The summed E-state index contributed by atoms with van der Waals surface area (Å²) in [5.74, 6) is -1.00. The van der Waals surface area contributed by atoms with Gasteiger partial charge in [-0.3, -0.25) is 14.7 Å². The van der Waals surface area contributed by atoms with Crippen molar-refractivity contribution in [3.8, 4) is 0 Å². The molecule has 3 aromatic rings. The van der Waals surface area contributed by atoms with Gasteiger partial charge in [-0.25, -0.2) is 14.2 Å². The lowest BCUT2D eigenvalue weighted by Gasteiger charge is -2.37. The van der Waals surface area contributed by atoms with Crippen LogP contribution >= 0.6 is 0 Å². The molecule has 0 bridgehead atoms. The zero-order chi connectivity index (χ0) is 24.7. The van der Waals surface area contributed by atoms with Crippen LogP contribution in [0.2, 0.25) is 0 Å². The molecule has 3 N–H and O–H groups in total. The van der Waals surface area contributed by atoms with Crippen molar-refractivity contribution in [2.24, 2.45) is 4.99 Å². The van der Waals surface area contributed by atoms with E-state index in [2.05, 4.69) is 20.2 Å². The van der Waals surface area contributed by atoms with E-state index in [1.807, 2.05) is 13.0 Å². The van der Waals surface area contributed by atoms with E-state index in [0.717, 1.165) is 5.69 Å². The third kappa shape index (κ3) is 4.13. The molecule has 1 unspecified atom stereocenters. The van der Waals surface area contributed by atoms with Crippen molar-refractivity contribution in [1.29, 1.82) is 0 Å². The number of rotatable bonds is 5. The number of nitrogens with zero attached hydrogens (tertiary/aromatic N) is 5. The Morgan fingerprint density at radius 3 is 3.00 bits per heavy atom. The van der Waals surface area contributed by atoms with Crippen molar-refractivity contribution >= 4 is 40.9 Å². The summed E-state index contributed by atoms with van der Waals surface area (Å²) >= 11 is 0. The summed E-state index contributed by atoms with van der Waals surface area (Å²) in [5, 5.41) is 2.73. The lowest BCUT2D eigenvalue weighted by molar-refractivity contribution is 0.102. The Morgan fingerprint density at radius 2 is 2.20 bits per heavy atom. The van der Waals surface area contributed by atoms with E-state index in [4.69, 9.17) is 10.5 Å². The summed E-state index contributed by atoms with van der Waals surface area (Å²) < 4.78 is 21.2. The first-order valence-corrected chi connectivity index (χ1v) is 11.4. The van der Waals surface area contributed by atoms with Crippen LogP contribution in [0.1, 0.15) is 28.5 Å². The smallest absolute Gasteiger partial charge is 0.410 e. The Morgan fingerprint density at radius 1 is 1.37 bits per heavy atom. The minimum absolute atomic E-state index is 0.0342. The summed E-state index contributed by atoms with van der Waals surface area (Å²) in [6.45, 7) is 6.31. The Kier molecular flexibility index (Phi) is 5.75. The Labute approximate surface area is 201 Å². The highest BCUT2D eigenvalue weighted by atomic mass is 19.1. The number of ether oxygens (including phenoxy) is 1. The lowest BCUT2D eigenvalue weighted by atomic mass is 10.0. The van der Waals surface area contributed by atoms with Gasteiger partial charge in [-0.05, 0) is 26.0 Å². The van der Waals surface area contributed by atoms with Gasteiger partial charge in [0.05, 0.1) is 28.7 Å².